The molecule has 6 rings (SSSR count). The molecule has 3 aromatic heterocycles. The fourth-order valence-corrected chi connectivity index (χ4v) is 6.79. The summed E-state index contributed by atoms with van der Waals surface area (Å²) in [7, 11) is 0. The van der Waals surface area contributed by atoms with E-state index in [2.05, 4.69) is 72.7 Å². The third kappa shape index (κ3) is 5.30. The van der Waals surface area contributed by atoms with E-state index < -0.39 is 24.5 Å². The molecular weight excluding hydrogens is 530 g/mol. The van der Waals surface area contributed by atoms with E-state index in [1.165, 1.54) is 11.9 Å². The zero-order chi connectivity index (χ0) is 29.9. The second-order valence-electron chi connectivity index (χ2n) is 13.7. The van der Waals surface area contributed by atoms with E-state index in [-0.39, 0.29) is 11.5 Å². The van der Waals surface area contributed by atoms with E-state index in [9.17, 15) is 10.2 Å². The number of hydrogen-bond donors (Lipinski definition) is 4. The van der Waals surface area contributed by atoms with Gasteiger partial charge in [-0.25, -0.2) is 15.0 Å². The Hall–Kier alpha value is -3.05. The Balaban J connectivity index is 1.07. The van der Waals surface area contributed by atoms with Crippen molar-refractivity contribution < 1.29 is 14.9 Å². The maximum absolute atomic E-state index is 11.0. The van der Waals surface area contributed by atoms with E-state index >= 15 is 0 Å². The van der Waals surface area contributed by atoms with Crippen LogP contribution < -0.4 is 5.73 Å². The Kier molecular flexibility index (Phi) is 7.54. The van der Waals surface area contributed by atoms with E-state index in [1.54, 1.807) is 4.57 Å². The summed E-state index contributed by atoms with van der Waals surface area (Å²) in [6, 6.07) is 7.25. The lowest BCUT2D eigenvalue weighted by Crippen LogP contribution is -2.52. The highest BCUT2D eigenvalue weighted by Crippen LogP contribution is 2.39. The Morgan fingerprint density at radius 3 is 2.64 bits per heavy atom. The van der Waals surface area contributed by atoms with Crippen molar-refractivity contribution in [2.75, 3.05) is 12.3 Å². The Labute approximate surface area is 247 Å². The Morgan fingerprint density at radius 2 is 1.93 bits per heavy atom. The number of aryl methyl sites for hydroxylation is 2. The summed E-state index contributed by atoms with van der Waals surface area (Å²) >= 11 is 0. The van der Waals surface area contributed by atoms with Crippen LogP contribution in [-0.4, -0.2) is 76.6 Å². The molecule has 1 aliphatic carbocycles. The molecule has 4 atom stereocenters. The molecule has 10 nitrogen and oxygen atoms in total. The molecule has 1 saturated carbocycles. The highest BCUT2D eigenvalue weighted by Gasteiger charge is 2.46. The minimum absolute atomic E-state index is 0.112. The number of rotatable bonds is 8. The predicted octanol–water partition coefficient (Wildman–Crippen LogP) is 4.24. The second-order valence-corrected chi connectivity index (χ2v) is 13.7. The lowest BCUT2D eigenvalue weighted by molar-refractivity contribution is -0.0619. The van der Waals surface area contributed by atoms with Gasteiger partial charge in [0.2, 0.25) is 0 Å². The van der Waals surface area contributed by atoms with E-state index in [0.717, 1.165) is 53.5 Å². The average molecular weight is 576 g/mol. The fourth-order valence-electron chi connectivity index (χ4n) is 6.79. The van der Waals surface area contributed by atoms with Crippen LogP contribution in [0.1, 0.15) is 77.1 Å². The van der Waals surface area contributed by atoms with Crippen LogP contribution in [0.3, 0.4) is 0 Å². The smallest absolute Gasteiger partial charge is 0.164 e. The van der Waals surface area contributed by atoms with Crippen molar-refractivity contribution in [3.05, 3.63) is 47.7 Å². The Bertz CT molecular complexity index is 1570. The van der Waals surface area contributed by atoms with Gasteiger partial charge in [0.15, 0.2) is 6.23 Å². The third-order valence-electron chi connectivity index (χ3n) is 9.36. The summed E-state index contributed by atoms with van der Waals surface area (Å²) in [5.41, 5.74) is 11.2. The van der Waals surface area contributed by atoms with Gasteiger partial charge in [0.05, 0.1) is 16.4 Å². The van der Waals surface area contributed by atoms with Crippen LogP contribution in [0, 0.1) is 12.8 Å². The first-order valence-electron chi connectivity index (χ1n) is 15.2. The summed E-state index contributed by atoms with van der Waals surface area (Å²) in [6.07, 6.45) is 4.19. The molecule has 2 aliphatic rings. The molecule has 1 aliphatic heterocycles. The van der Waals surface area contributed by atoms with Gasteiger partial charge < -0.3 is 30.2 Å². The lowest BCUT2D eigenvalue weighted by Gasteiger charge is -2.46. The summed E-state index contributed by atoms with van der Waals surface area (Å²) < 4.78 is 8.11. The largest absolute Gasteiger partial charge is 0.387 e. The molecule has 42 heavy (non-hydrogen) atoms. The molecule has 4 aromatic rings. The number of imidazole rings is 1. The van der Waals surface area contributed by atoms with Crippen LogP contribution in [0.5, 0.6) is 0 Å². The third-order valence-corrected chi connectivity index (χ3v) is 9.36. The molecular formula is C32H45N7O3. The standard InChI is InChI=1S/C32H45N7O3/c1-17(2)38(15-24-27(40)28(41)31(42-24)39-14-18(3)26-29(33)34-16-35-30(26)39)21-11-19(12-21)7-10-25-36-22-9-8-20(32(4,5)6)13-23(22)37-25/h8-9,13-14,16-17,19,21,24,27-28,31,40-41H,7,10-12,15H2,1-6H3,(H,36,37)(H2,33,34,35)/t19?,21?,24-,27-,28-,31-/m1/s1. The number of aromatic amines is 1. The van der Waals surface area contributed by atoms with Crippen LogP contribution in [0.25, 0.3) is 22.1 Å². The average Bonchev–Trinajstić information content (AvgIpc) is 3.55. The molecule has 0 radical (unpaired) electrons. The highest BCUT2D eigenvalue weighted by atomic mass is 16.6. The second kappa shape index (κ2) is 10.9. The van der Waals surface area contributed by atoms with Gasteiger partial charge >= 0.3 is 0 Å². The molecule has 0 amide bonds. The van der Waals surface area contributed by atoms with E-state index in [4.69, 9.17) is 15.5 Å². The predicted molar refractivity (Wildman–Crippen MR) is 164 cm³/mol. The molecule has 1 aromatic carbocycles. The number of ether oxygens (including phenoxy) is 1. The maximum Gasteiger partial charge on any atom is 0.164 e. The quantitative estimate of drug-likeness (QED) is 0.245. The minimum atomic E-state index is -1.08. The van der Waals surface area contributed by atoms with Crippen molar-refractivity contribution in [2.45, 2.75) is 109 Å². The number of H-pyrrole nitrogens is 1. The topological polar surface area (TPSA) is 138 Å². The number of aromatic nitrogens is 5. The zero-order valence-corrected chi connectivity index (χ0v) is 25.6. The number of benzene rings is 1. The summed E-state index contributed by atoms with van der Waals surface area (Å²) in [4.78, 5) is 19.3. The van der Waals surface area contributed by atoms with Crippen molar-refractivity contribution in [1.29, 1.82) is 0 Å². The van der Waals surface area contributed by atoms with Crippen molar-refractivity contribution in [3.63, 3.8) is 0 Å². The first kappa shape index (κ1) is 29.0. The van der Waals surface area contributed by atoms with E-state index in [0.29, 0.717) is 30.0 Å². The van der Waals surface area contributed by atoms with Gasteiger partial charge in [-0.2, -0.15) is 0 Å². The molecule has 0 bridgehead atoms. The first-order chi connectivity index (χ1) is 19.9. The number of nitrogens with zero attached hydrogens (tertiary/aromatic N) is 5. The van der Waals surface area contributed by atoms with Crippen LogP contribution in [0.2, 0.25) is 0 Å². The zero-order valence-electron chi connectivity index (χ0n) is 25.6. The van der Waals surface area contributed by atoms with Gasteiger partial charge in [0.25, 0.3) is 0 Å². The van der Waals surface area contributed by atoms with Gasteiger partial charge in [-0.3, -0.25) is 4.90 Å². The van der Waals surface area contributed by atoms with Crippen LogP contribution >= 0.6 is 0 Å². The molecule has 5 N–H and O–H groups in total. The summed E-state index contributed by atoms with van der Waals surface area (Å²) in [6.45, 7) is 13.6. The number of hydrogen-bond acceptors (Lipinski definition) is 8. The maximum atomic E-state index is 11.0. The van der Waals surface area contributed by atoms with Gasteiger partial charge in [0, 0.05) is 31.2 Å². The summed E-state index contributed by atoms with van der Waals surface area (Å²) in [5, 5.41) is 22.8. The normalized spacial score (nSPS) is 26.6. The fraction of sp³-hybridized carbons (Fsp3) is 0.594. The monoisotopic (exact) mass is 575 g/mol. The van der Waals surface area contributed by atoms with Gasteiger partial charge in [0.1, 0.15) is 41.9 Å². The number of nitrogen functional groups attached to an aromatic ring is 1. The first-order valence-corrected chi connectivity index (χ1v) is 15.2. The molecule has 0 unspecified atom stereocenters. The lowest BCUT2D eigenvalue weighted by atomic mass is 9.76. The number of aliphatic hydroxyl groups excluding tert-OH is 2. The number of fused-ring (bicyclic) bond motifs is 2. The van der Waals surface area contributed by atoms with Crippen LogP contribution in [-0.2, 0) is 16.6 Å². The minimum Gasteiger partial charge on any atom is -0.387 e. The van der Waals surface area contributed by atoms with Gasteiger partial charge in [-0.1, -0.05) is 26.8 Å². The van der Waals surface area contributed by atoms with Crippen molar-refractivity contribution in [3.8, 4) is 0 Å². The van der Waals surface area contributed by atoms with Crippen molar-refractivity contribution in [2.24, 2.45) is 5.92 Å². The molecule has 1 saturated heterocycles. The number of nitrogens with two attached hydrogens (primary N) is 1. The summed E-state index contributed by atoms with van der Waals surface area (Å²) in [5.74, 6) is 2.09. The van der Waals surface area contributed by atoms with Crippen LogP contribution in [0.15, 0.2) is 30.7 Å². The van der Waals surface area contributed by atoms with Gasteiger partial charge in [-0.05, 0) is 74.6 Å². The number of nitrogens with one attached hydrogen (secondary N) is 1. The number of anilines is 1. The van der Waals surface area contributed by atoms with Gasteiger partial charge in [-0.15, -0.1) is 0 Å². The molecule has 10 heteroatoms. The molecule has 4 heterocycles. The van der Waals surface area contributed by atoms with E-state index in [1.807, 2.05) is 13.1 Å². The van der Waals surface area contributed by atoms with Crippen molar-refractivity contribution in [1.82, 2.24) is 29.4 Å². The molecule has 226 valence electrons. The molecule has 2 fully saturated rings. The molecule has 0 spiro atoms. The highest BCUT2D eigenvalue weighted by molar-refractivity contribution is 5.89. The Morgan fingerprint density at radius 1 is 1.17 bits per heavy atom. The number of aliphatic hydroxyl groups is 2. The van der Waals surface area contributed by atoms with Crippen molar-refractivity contribution >= 4 is 27.9 Å². The SMILES string of the molecule is Cc1cn([C@@H]2O[C@H](CN(C(C)C)C3CC(CCc4nc5ccc(C(C)(C)C)cc5[nH]4)C3)[C@@H](O)[C@H]2O)c2ncnc(N)c12. The van der Waals surface area contributed by atoms with Crippen LogP contribution in [0.4, 0.5) is 5.82 Å².